The maximum absolute atomic E-state index is 5.24. The summed E-state index contributed by atoms with van der Waals surface area (Å²) >= 11 is 10.5. The first-order valence-electron chi connectivity index (χ1n) is 5.61. The van der Waals surface area contributed by atoms with Crippen molar-refractivity contribution < 1.29 is 4.74 Å². The maximum atomic E-state index is 5.24. The van der Waals surface area contributed by atoms with Gasteiger partial charge in [0.1, 0.15) is 5.75 Å². The zero-order valence-corrected chi connectivity index (χ0v) is 15.0. The molecule has 0 atom stereocenters. The van der Waals surface area contributed by atoms with Crippen LogP contribution in [0.2, 0.25) is 0 Å². The molecule has 0 aliphatic carbocycles. The van der Waals surface area contributed by atoms with Crippen LogP contribution in [0.1, 0.15) is 5.56 Å². The molecule has 2 aromatic carbocycles. The van der Waals surface area contributed by atoms with E-state index in [1.807, 2.05) is 36.4 Å². The molecule has 0 aromatic heterocycles. The minimum absolute atomic E-state index is 0.720. The minimum Gasteiger partial charge on any atom is -0.497 e. The molecule has 0 spiro atoms. The number of rotatable bonds is 4. The topological polar surface area (TPSA) is 21.3 Å². The third kappa shape index (κ3) is 3.97. The number of hydrogen-bond acceptors (Lipinski definition) is 2. The zero-order valence-electron chi connectivity index (χ0n) is 10.2. The molecule has 0 radical (unpaired) electrons. The first-order chi connectivity index (χ1) is 9.10. The number of anilines is 1. The molecule has 0 fully saturated rings. The van der Waals surface area contributed by atoms with E-state index < -0.39 is 0 Å². The van der Waals surface area contributed by atoms with Crippen LogP contribution in [0, 0.1) is 0 Å². The summed E-state index contributed by atoms with van der Waals surface area (Å²) in [4.78, 5) is 0. The molecule has 2 rings (SSSR count). The van der Waals surface area contributed by atoms with Gasteiger partial charge in [0.15, 0.2) is 0 Å². The third-order valence-electron chi connectivity index (χ3n) is 2.65. The molecule has 2 aromatic rings. The summed E-state index contributed by atoms with van der Waals surface area (Å²) in [5.74, 6) is 0.856. The lowest BCUT2D eigenvalue weighted by atomic mass is 10.2. The van der Waals surface area contributed by atoms with Gasteiger partial charge in [-0.05, 0) is 57.9 Å². The van der Waals surface area contributed by atoms with Gasteiger partial charge in [0.2, 0.25) is 0 Å². The van der Waals surface area contributed by atoms with Gasteiger partial charge in [-0.25, -0.2) is 0 Å². The maximum Gasteiger partial charge on any atom is 0.119 e. The van der Waals surface area contributed by atoms with E-state index in [0.29, 0.717) is 0 Å². The zero-order chi connectivity index (χ0) is 13.8. The Morgan fingerprint density at radius 1 is 1.00 bits per heavy atom. The fraction of sp³-hybridized carbons (Fsp3) is 0.143. The molecule has 5 heteroatoms. The number of benzene rings is 2. The van der Waals surface area contributed by atoms with Crippen LogP contribution < -0.4 is 10.1 Å². The van der Waals surface area contributed by atoms with Crippen molar-refractivity contribution in [1.29, 1.82) is 0 Å². The largest absolute Gasteiger partial charge is 0.497 e. The Bertz CT molecular complexity index is 587. The Hall–Kier alpha value is -0.520. The number of methoxy groups -OCH3 is 1. The fourth-order valence-electron chi connectivity index (χ4n) is 1.64. The van der Waals surface area contributed by atoms with Crippen LogP contribution in [-0.4, -0.2) is 7.11 Å². The van der Waals surface area contributed by atoms with Gasteiger partial charge >= 0.3 is 0 Å². The van der Waals surface area contributed by atoms with Crippen molar-refractivity contribution in [3.8, 4) is 5.75 Å². The first kappa shape index (κ1) is 14.9. The van der Waals surface area contributed by atoms with E-state index in [2.05, 4.69) is 53.1 Å². The van der Waals surface area contributed by atoms with Crippen LogP contribution in [0.25, 0.3) is 0 Å². The summed E-state index contributed by atoms with van der Waals surface area (Å²) in [5, 5.41) is 3.40. The lowest BCUT2D eigenvalue weighted by molar-refractivity contribution is 0.414. The number of halogens is 3. The summed E-state index contributed by atoms with van der Waals surface area (Å²) < 4.78 is 8.38. The Labute approximate surface area is 137 Å². The van der Waals surface area contributed by atoms with Crippen molar-refractivity contribution in [3.63, 3.8) is 0 Å². The van der Waals surface area contributed by atoms with Crippen molar-refractivity contribution in [3.05, 3.63) is 55.4 Å². The second-order valence-electron chi connectivity index (χ2n) is 3.94. The van der Waals surface area contributed by atoms with Crippen LogP contribution in [0.15, 0.2) is 49.8 Å². The van der Waals surface area contributed by atoms with Gasteiger partial charge in [0.05, 0.1) is 7.11 Å². The van der Waals surface area contributed by atoms with Gasteiger partial charge in [-0.2, -0.15) is 0 Å². The average Bonchev–Trinajstić information content (AvgIpc) is 2.39. The van der Waals surface area contributed by atoms with Gasteiger partial charge in [0.25, 0.3) is 0 Å². The standard InChI is InChI=1S/C14H12Br3NO/c1-19-11-3-4-12(16)9(6-11)8-18-14-5-2-10(15)7-13(14)17/h2-7,18H,8H2,1H3. The van der Waals surface area contributed by atoms with E-state index in [9.17, 15) is 0 Å². The van der Waals surface area contributed by atoms with Gasteiger partial charge in [-0.15, -0.1) is 0 Å². The van der Waals surface area contributed by atoms with Crippen LogP contribution >= 0.6 is 47.8 Å². The lowest BCUT2D eigenvalue weighted by Crippen LogP contribution is -2.01. The van der Waals surface area contributed by atoms with Crippen molar-refractivity contribution in [2.45, 2.75) is 6.54 Å². The Morgan fingerprint density at radius 3 is 2.47 bits per heavy atom. The van der Waals surface area contributed by atoms with Gasteiger partial charge in [-0.1, -0.05) is 31.9 Å². The molecule has 1 N–H and O–H groups in total. The van der Waals surface area contributed by atoms with Crippen LogP contribution in [-0.2, 0) is 6.54 Å². The van der Waals surface area contributed by atoms with Gasteiger partial charge in [-0.3, -0.25) is 0 Å². The van der Waals surface area contributed by atoms with E-state index in [4.69, 9.17) is 4.74 Å². The van der Waals surface area contributed by atoms with Crippen molar-refractivity contribution in [2.24, 2.45) is 0 Å². The highest BCUT2D eigenvalue weighted by atomic mass is 79.9. The quantitative estimate of drug-likeness (QED) is 0.656. The number of nitrogens with one attached hydrogen (secondary N) is 1. The second-order valence-corrected chi connectivity index (χ2v) is 6.56. The molecule has 100 valence electrons. The molecule has 0 aliphatic heterocycles. The van der Waals surface area contributed by atoms with Gasteiger partial charge in [0, 0.05) is 25.7 Å². The van der Waals surface area contributed by atoms with Crippen molar-refractivity contribution in [2.75, 3.05) is 12.4 Å². The highest BCUT2D eigenvalue weighted by Gasteiger charge is 2.04. The summed E-state index contributed by atoms with van der Waals surface area (Å²) in [7, 11) is 1.67. The average molecular weight is 450 g/mol. The predicted octanol–water partition coefficient (Wildman–Crippen LogP) is 5.59. The van der Waals surface area contributed by atoms with Gasteiger partial charge < -0.3 is 10.1 Å². The minimum atomic E-state index is 0.720. The van der Waals surface area contributed by atoms with Crippen LogP contribution in [0.3, 0.4) is 0 Å². The smallest absolute Gasteiger partial charge is 0.119 e. The summed E-state index contributed by atoms with van der Waals surface area (Å²) in [6.07, 6.45) is 0. The second kappa shape index (κ2) is 6.77. The molecule has 0 aliphatic rings. The van der Waals surface area contributed by atoms with E-state index in [0.717, 1.165) is 37.0 Å². The molecule has 19 heavy (non-hydrogen) atoms. The van der Waals surface area contributed by atoms with Crippen molar-refractivity contribution >= 4 is 53.5 Å². The molecule has 0 bridgehead atoms. The Balaban J connectivity index is 2.14. The van der Waals surface area contributed by atoms with Crippen LogP contribution in [0.4, 0.5) is 5.69 Å². The number of hydrogen-bond donors (Lipinski definition) is 1. The molecule has 0 saturated carbocycles. The molecule has 0 saturated heterocycles. The third-order valence-corrected chi connectivity index (χ3v) is 4.58. The lowest BCUT2D eigenvalue weighted by Gasteiger charge is -2.11. The molecule has 0 unspecified atom stereocenters. The fourth-order valence-corrected chi connectivity index (χ4v) is 3.21. The van der Waals surface area contributed by atoms with Crippen LogP contribution in [0.5, 0.6) is 5.75 Å². The number of ether oxygens (including phenoxy) is 1. The normalized spacial score (nSPS) is 10.3. The summed E-state index contributed by atoms with van der Waals surface area (Å²) in [5.41, 5.74) is 2.20. The predicted molar refractivity (Wildman–Crippen MR) is 89.9 cm³/mol. The Morgan fingerprint density at radius 2 is 1.79 bits per heavy atom. The van der Waals surface area contributed by atoms with E-state index in [1.165, 1.54) is 0 Å². The highest BCUT2D eigenvalue weighted by molar-refractivity contribution is 9.11. The van der Waals surface area contributed by atoms with E-state index >= 15 is 0 Å². The molecule has 2 nitrogen and oxygen atoms in total. The molecule has 0 heterocycles. The molecular weight excluding hydrogens is 438 g/mol. The highest BCUT2D eigenvalue weighted by Crippen LogP contribution is 2.28. The van der Waals surface area contributed by atoms with E-state index in [1.54, 1.807) is 7.11 Å². The SMILES string of the molecule is COc1ccc(Br)c(CNc2ccc(Br)cc2Br)c1. The summed E-state index contributed by atoms with van der Waals surface area (Å²) in [6, 6.07) is 12.0. The monoisotopic (exact) mass is 447 g/mol. The molecular formula is C14H12Br3NO. The molecule has 0 amide bonds. The first-order valence-corrected chi connectivity index (χ1v) is 7.99. The summed E-state index contributed by atoms with van der Waals surface area (Å²) in [6.45, 7) is 0.720. The van der Waals surface area contributed by atoms with E-state index in [-0.39, 0.29) is 0 Å². The van der Waals surface area contributed by atoms with Crippen molar-refractivity contribution in [1.82, 2.24) is 0 Å². The Kier molecular flexibility index (Phi) is 5.30.